The third-order valence-corrected chi connectivity index (χ3v) is 11.8. The van der Waals surface area contributed by atoms with E-state index in [9.17, 15) is 8.42 Å². The summed E-state index contributed by atoms with van der Waals surface area (Å²) in [6.07, 6.45) is 8.85. The maximum Gasteiger partial charge on any atom is 0.250 e. The van der Waals surface area contributed by atoms with Gasteiger partial charge in [0.1, 0.15) is 10.7 Å². The molecule has 2 atom stereocenters. The summed E-state index contributed by atoms with van der Waals surface area (Å²) >= 11 is 0. The topological polar surface area (TPSA) is 146 Å². The maximum absolute atomic E-state index is 14.1. The van der Waals surface area contributed by atoms with E-state index in [1.807, 2.05) is 24.4 Å². The van der Waals surface area contributed by atoms with Crippen molar-refractivity contribution >= 4 is 26.6 Å². The highest BCUT2D eigenvalue weighted by Crippen LogP contribution is 2.49. The monoisotopic (exact) mass is 654 g/mol. The minimum atomic E-state index is -3.72. The first-order valence-corrected chi connectivity index (χ1v) is 18.2. The Balaban J connectivity index is 1.31. The van der Waals surface area contributed by atoms with Crippen molar-refractivity contribution in [2.75, 3.05) is 24.3 Å². The van der Waals surface area contributed by atoms with Crippen molar-refractivity contribution in [3.8, 4) is 22.8 Å². The molecule has 1 saturated heterocycles. The fourth-order valence-electron chi connectivity index (χ4n) is 7.45. The quantitative estimate of drug-likeness (QED) is 0.192. The van der Waals surface area contributed by atoms with E-state index in [-0.39, 0.29) is 34.4 Å². The molecular weight excluding hydrogens is 616 g/mol. The van der Waals surface area contributed by atoms with E-state index in [2.05, 4.69) is 45.4 Å². The third-order valence-electron chi connectivity index (χ3n) is 9.95. The fraction of sp³-hybridized carbons (Fsp3) is 0.457. The summed E-state index contributed by atoms with van der Waals surface area (Å²) in [6.45, 7) is 7.34. The molecule has 0 bridgehead atoms. The lowest BCUT2D eigenvalue weighted by Gasteiger charge is -2.23. The van der Waals surface area contributed by atoms with Crippen LogP contribution < -0.4 is 5.32 Å². The molecule has 7 heterocycles. The lowest BCUT2D eigenvalue weighted by atomic mass is 9.89. The third kappa shape index (κ3) is 5.41. The molecule has 2 aliphatic heterocycles. The number of furan rings is 1. The van der Waals surface area contributed by atoms with Crippen molar-refractivity contribution in [1.82, 2.24) is 25.1 Å². The van der Waals surface area contributed by atoms with Gasteiger partial charge in [-0.25, -0.2) is 13.4 Å². The lowest BCUT2D eigenvalue weighted by molar-refractivity contribution is 0.0639. The van der Waals surface area contributed by atoms with Crippen molar-refractivity contribution in [3.63, 3.8) is 0 Å². The van der Waals surface area contributed by atoms with Gasteiger partial charge in [-0.3, -0.25) is 9.97 Å². The van der Waals surface area contributed by atoms with Crippen LogP contribution in [0.5, 0.6) is 0 Å². The van der Waals surface area contributed by atoms with E-state index >= 15 is 0 Å². The number of nitrogens with zero attached hydrogens (tertiary/aromatic N) is 5. The van der Waals surface area contributed by atoms with Gasteiger partial charge in [0.15, 0.2) is 21.2 Å². The molecule has 244 valence electrons. The van der Waals surface area contributed by atoms with Crippen LogP contribution in [0, 0.1) is 18.8 Å². The summed E-state index contributed by atoms with van der Waals surface area (Å²) in [4.78, 5) is 14.6. The van der Waals surface area contributed by atoms with Gasteiger partial charge in [0, 0.05) is 49.5 Å². The Bertz CT molecular complexity index is 2080. The van der Waals surface area contributed by atoms with Gasteiger partial charge in [0.25, 0.3) is 0 Å². The highest BCUT2D eigenvalue weighted by atomic mass is 32.2. The van der Waals surface area contributed by atoms with Gasteiger partial charge in [-0.2, -0.15) is 0 Å². The zero-order valence-electron chi connectivity index (χ0n) is 26.8. The highest BCUT2D eigenvalue weighted by Gasteiger charge is 2.43. The fourth-order valence-corrected chi connectivity index (χ4v) is 9.66. The summed E-state index contributed by atoms with van der Waals surface area (Å²) in [6, 6.07) is 7.86. The number of rotatable bonds is 8. The number of hydrogen-bond acceptors (Lipinski definition) is 11. The number of ether oxygens (including phenoxy) is 1. The second-order valence-corrected chi connectivity index (χ2v) is 15.3. The average Bonchev–Trinajstić information content (AvgIpc) is 3.85. The van der Waals surface area contributed by atoms with Crippen LogP contribution >= 0.6 is 0 Å². The first-order chi connectivity index (χ1) is 22.8. The Morgan fingerprint density at radius 3 is 2.66 bits per heavy atom. The lowest BCUT2D eigenvalue weighted by Crippen LogP contribution is -2.17. The molecule has 0 amide bonds. The smallest absolute Gasteiger partial charge is 0.250 e. The van der Waals surface area contributed by atoms with E-state index < -0.39 is 9.84 Å². The van der Waals surface area contributed by atoms with E-state index in [4.69, 9.17) is 18.6 Å². The molecule has 47 heavy (non-hydrogen) atoms. The molecule has 12 heteroatoms. The standard InChI is InChI=1S/C35H38N6O5S/c1-19(2)24-18-47(42,43)33-30(29(35-41-40-20(3)45-35)27(38-31(24)33)7-6-21-11-15-44-16-12-21)28-17-22-10-14-37-34(32(22)46-28)39-26-9-8-25-23(26)5-4-13-36-25/h4-5,10,13-14,17,19,21,24,26H,6-9,11-12,15-16,18H2,1-3H3,(H,37,39)/t24-,26+/m1/s1. The summed E-state index contributed by atoms with van der Waals surface area (Å²) in [7, 11) is -3.72. The predicted molar refractivity (Wildman–Crippen MR) is 176 cm³/mol. The van der Waals surface area contributed by atoms with E-state index in [0.717, 1.165) is 67.7 Å². The van der Waals surface area contributed by atoms with Crippen molar-refractivity contribution in [1.29, 1.82) is 0 Å². The summed E-state index contributed by atoms with van der Waals surface area (Å²) in [5.41, 5.74) is 5.12. The Hall–Kier alpha value is -4.16. The Kier molecular flexibility index (Phi) is 7.59. The molecule has 0 saturated carbocycles. The average molecular weight is 655 g/mol. The number of sulfone groups is 1. The number of nitrogens with one attached hydrogen (secondary N) is 1. The SMILES string of the molecule is Cc1nnc(-c2c(CCC3CCOCC3)nc3c(c2-c2cc4ccnc(N[C@H]5CCc6ncccc65)c4o2)S(=O)(=O)C[C@@H]3C(C)C)o1. The van der Waals surface area contributed by atoms with E-state index in [0.29, 0.717) is 52.2 Å². The molecule has 1 fully saturated rings. The second-order valence-electron chi connectivity index (χ2n) is 13.3. The van der Waals surface area contributed by atoms with Crippen LogP contribution in [0.15, 0.2) is 50.4 Å². The number of aryl methyl sites for hydroxylation is 3. The van der Waals surface area contributed by atoms with Crippen LogP contribution in [-0.2, 0) is 27.4 Å². The molecular formula is C35H38N6O5S. The molecule has 0 radical (unpaired) electrons. The van der Waals surface area contributed by atoms with Gasteiger partial charge in [0.05, 0.1) is 34.3 Å². The van der Waals surface area contributed by atoms with Crippen LogP contribution in [-0.4, -0.2) is 52.5 Å². The molecule has 8 rings (SSSR count). The number of pyridine rings is 3. The van der Waals surface area contributed by atoms with Crippen LogP contribution in [0.2, 0.25) is 0 Å². The zero-order chi connectivity index (χ0) is 32.3. The number of fused-ring (bicyclic) bond motifs is 3. The van der Waals surface area contributed by atoms with E-state index in [1.54, 1.807) is 13.1 Å². The van der Waals surface area contributed by atoms with E-state index in [1.165, 1.54) is 0 Å². The molecule has 5 aromatic heterocycles. The van der Waals surface area contributed by atoms with Crippen molar-refractivity contribution in [2.45, 2.75) is 76.2 Å². The maximum atomic E-state index is 14.1. The molecule has 0 spiro atoms. The molecule has 0 unspecified atom stereocenters. The minimum Gasteiger partial charge on any atom is -0.452 e. The summed E-state index contributed by atoms with van der Waals surface area (Å²) in [5.74, 6) is 1.95. The summed E-state index contributed by atoms with van der Waals surface area (Å²) < 4.78 is 46.5. The second kappa shape index (κ2) is 11.8. The van der Waals surface area contributed by atoms with Crippen molar-refractivity contribution < 1.29 is 22.0 Å². The molecule has 11 nitrogen and oxygen atoms in total. The first kappa shape index (κ1) is 30.2. The largest absolute Gasteiger partial charge is 0.452 e. The van der Waals surface area contributed by atoms with Crippen molar-refractivity contribution in [2.24, 2.45) is 11.8 Å². The molecule has 1 aliphatic carbocycles. The molecule has 3 aliphatic rings. The molecule has 1 N–H and O–H groups in total. The highest BCUT2D eigenvalue weighted by molar-refractivity contribution is 7.92. The normalized spacial score (nSPS) is 20.6. The Morgan fingerprint density at radius 1 is 1.02 bits per heavy atom. The first-order valence-electron chi connectivity index (χ1n) is 16.5. The summed E-state index contributed by atoms with van der Waals surface area (Å²) in [5, 5.41) is 12.9. The predicted octanol–water partition coefficient (Wildman–Crippen LogP) is 6.63. The number of aromatic nitrogens is 5. The van der Waals surface area contributed by atoms with Crippen LogP contribution in [0.3, 0.4) is 0 Å². The van der Waals surface area contributed by atoms with Crippen LogP contribution in [0.25, 0.3) is 33.7 Å². The van der Waals surface area contributed by atoms with Gasteiger partial charge in [-0.15, -0.1) is 10.2 Å². The molecule has 5 aromatic rings. The van der Waals surface area contributed by atoms with Gasteiger partial charge in [0.2, 0.25) is 11.8 Å². The van der Waals surface area contributed by atoms with Gasteiger partial charge < -0.3 is 18.9 Å². The van der Waals surface area contributed by atoms with Crippen LogP contribution in [0.1, 0.15) is 80.0 Å². The van der Waals surface area contributed by atoms with Crippen molar-refractivity contribution in [3.05, 3.63) is 65.2 Å². The Labute approximate surface area is 273 Å². The Morgan fingerprint density at radius 2 is 1.87 bits per heavy atom. The van der Waals surface area contributed by atoms with Gasteiger partial charge in [-0.05, 0) is 74.1 Å². The molecule has 0 aromatic carbocycles. The van der Waals surface area contributed by atoms with Gasteiger partial charge >= 0.3 is 0 Å². The number of hydrogen-bond donors (Lipinski definition) is 1. The van der Waals surface area contributed by atoms with Gasteiger partial charge in [-0.1, -0.05) is 19.9 Å². The number of anilines is 1. The van der Waals surface area contributed by atoms with Crippen LogP contribution in [0.4, 0.5) is 5.82 Å². The minimum absolute atomic E-state index is 0.00453. The zero-order valence-corrected chi connectivity index (χ0v) is 27.6.